The molecular weight excluding hydrogens is 392 g/mol. The summed E-state index contributed by atoms with van der Waals surface area (Å²) in [6.07, 6.45) is 9.86. The maximum absolute atomic E-state index is 5.79. The van der Waals surface area contributed by atoms with Gasteiger partial charge in [0, 0.05) is 25.5 Å². The van der Waals surface area contributed by atoms with E-state index in [0.717, 1.165) is 36.4 Å². The zero-order chi connectivity index (χ0) is 24.0. The van der Waals surface area contributed by atoms with Crippen LogP contribution in [0.25, 0.3) is 0 Å². The van der Waals surface area contributed by atoms with Crippen LogP contribution in [0, 0.1) is 6.92 Å². The minimum atomic E-state index is 0.601. The molecule has 0 saturated heterocycles. The lowest BCUT2D eigenvalue weighted by molar-refractivity contribution is 0.306. The summed E-state index contributed by atoms with van der Waals surface area (Å²) in [5.41, 5.74) is 4.65. The lowest BCUT2D eigenvalue weighted by Gasteiger charge is -2.06. The number of allylic oxidation sites excluding steroid dienone is 3. The zero-order valence-electron chi connectivity index (χ0n) is 20.4. The van der Waals surface area contributed by atoms with Crippen LogP contribution < -0.4 is 4.74 Å². The van der Waals surface area contributed by atoms with E-state index in [0.29, 0.717) is 6.61 Å². The molecule has 2 rings (SSSR count). The van der Waals surface area contributed by atoms with Crippen LogP contribution in [0.2, 0.25) is 0 Å². The molecule has 0 atom stereocenters. The van der Waals surface area contributed by atoms with Crippen molar-refractivity contribution in [3.05, 3.63) is 103 Å². The molecule has 32 heavy (non-hydrogen) atoms. The van der Waals surface area contributed by atoms with Gasteiger partial charge in [-0.05, 0) is 68.2 Å². The van der Waals surface area contributed by atoms with Gasteiger partial charge in [0.1, 0.15) is 12.4 Å². The molecule has 0 bridgehead atoms. The Morgan fingerprint density at radius 1 is 0.969 bits per heavy atom. The molecule has 3 heteroatoms. The van der Waals surface area contributed by atoms with E-state index in [-0.39, 0.29) is 0 Å². The minimum absolute atomic E-state index is 0.601. The van der Waals surface area contributed by atoms with E-state index >= 15 is 0 Å². The van der Waals surface area contributed by atoms with Gasteiger partial charge >= 0.3 is 0 Å². The molecule has 0 unspecified atom stereocenters. The number of ether oxygens (including phenoxy) is 1. The highest BCUT2D eigenvalue weighted by Crippen LogP contribution is 2.14. The molecule has 0 radical (unpaired) electrons. The SMILES string of the molecule is C=C.C=C/C(C=NCC)=C\C.CCCCN=Cc1ccc(OCc2ccc(C)cc2)cc1. The maximum atomic E-state index is 5.79. The van der Waals surface area contributed by atoms with Crippen molar-refractivity contribution >= 4 is 12.4 Å². The number of benzene rings is 2. The van der Waals surface area contributed by atoms with E-state index in [9.17, 15) is 0 Å². The molecule has 0 aliphatic rings. The quantitative estimate of drug-likeness (QED) is 0.163. The second-order valence-electron chi connectivity index (χ2n) is 6.85. The van der Waals surface area contributed by atoms with Gasteiger partial charge in [0.25, 0.3) is 0 Å². The van der Waals surface area contributed by atoms with Crippen molar-refractivity contribution in [2.75, 3.05) is 13.1 Å². The van der Waals surface area contributed by atoms with Gasteiger partial charge in [-0.3, -0.25) is 9.98 Å². The standard InChI is InChI=1S/C19H23NO.C8H13N.C2H4/c1-3-4-13-20-14-17-9-11-19(12-10-17)21-15-18-7-5-16(2)6-8-18;1-4-8(5-2)7-9-6-3;1-2/h5-12,14H,3-4,13,15H2,1-2H3;4-5,7H,1,6H2,2-3H3;1-2H2/b;8-5+,9-7?;. The lowest BCUT2D eigenvalue weighted by atomic mass is 10.2. The zero-order valence-corrected chi connectivity index (χ0v) is 20.4. The molecule has 0 aliphatic heterocycles. The lowest BCUT2D eigenvalue weighted by Crippen LogP contribution is -1.95. The van der Waals surface area contributed by atoms with Gasteiger partial charge < -0.3 is 4.74 Å². The largest absolute Gasteiger partial charge is 0.489 e. The van der Waals surface area contributed by atoms with E-state index in [2.05, 4.69) is 67.8 Å². The van der Waals surface area contributed by atoms with E-state index in [1.54, 1.807) is 6.08 Å². The smallest absolute Gasteiger partial charge is 0.119 e. The Bertz CT molecular complexity index is 815. The van der Waals surface area contributed by atoms with E-state index in [4.69, 9.17) is 4.74 Å². The molecule has 0 N–H and O–H groups in total. The number of aryl methyl sites for hydroxylation is 1. The summed E-state index contributed by atoms with van der Waals surface area (Å²) in [6.45, 7) is 20.2. The minimum Gasteiger partial charge on any atom is -0.489 e. The average molecular weight is 433 g/mol. The van der Waals surface area contributed by atoms with Crippen molar-refractivity contribution in [3.63, 3.8) is 0 Å². The van der Waals surface area contributed by atoms with Gasteiger partial charge in [0.15, 0.2) is 0 Å². The molecule has 0 fully saturated rings. The molecule has 2 aromatic carbocycles. The van der Waals surface area contributed by atoms with Gasteiger partial charge in [-0.15, -0.1) is 13.2 Å². The summed E-state index contributed by atoms with van der Waals surface area (Å²) in [5, 5.41) is 0. The highest BCUT2D eigenvalue weighted by atomic mass is 16.5. The van der Waals surface area contributed by atoms with Gasteiger partial charge in [0.2, 0.25) is 0 Å². The van der Waals surface area contributed by atoms with Gasteiger partial charge in [-0.2, -0.15) is 0 Å². The fraction of sp³-hybridized carbons (Fsp3) is 0.310. The Morgan fingerprint density at radius 2 is 1.62 bits per heavy atom. The summed E-state index contributed by atoms with van der Waals surface area (Å²) >= 11 is 0. The highest BCUT2D eigenvalue weighted by molar-refractivity contribution is 5.81. The average Bonchev–Trinajstić information content (AvgIpc) is 2.85. The van der Waals surface area contributed by atoms with Crippen LogP contribution in [-0.2, 0) is 6.61 Å². The van der Waals surface area contributed by atoms with E-state index in [1.165, 1.54) is 17.5 Å². The normalized spacial score (nSPS) is 10.8. The molecule has 0 amide bonds. The third-order valence-corrected chi connectivity index (χ3v) is 4.28. The summed E-state index contributed by atoms with van der Waals surface area (Å²) in [5.74, 6) is 0.890. The number of unbranched alkanes of at least 4 members (excludes halogenated alkanes) is 1. The molecular formula is C29H40N2O. The Hall–Kier alpha value is -3.20. The molecule has 3 nitrogen and oxygen atoms in total. The van der Waals surface area contributed by atoms with Crippen LogP contribution in [0.3, 0.4) is 0 Å². The number of hydrogen-bond acceptors (Lipinski definition) is 3. The molecule has 0 saturated carbocycles. The van der Waals surface area contributed by atoms with Crippen molar-refractivity contribution in [1.29, 1.82) is 0 Å². The van der Waals surface area contributed by atoms with Gasteiger partial charge in [-0.25, -0.2) is 0 Å². The van der Waals surface area contributed by atoms with Crippen LogP contribution in [0.5, 0.6) is 5.75 Å². The Kier molecular flexibility index (Phi) is 17.8. The maximum Gasteiger partial charge on any atom is 0.119 e. The van der Waals surface area contributed by atoms with Crippen molar-refractivity contribution in [2.45, 2.75) is 47.1 Å². The fourth-order valence-corrected chi connectivity index (χ4v) is 2.36. The topological polar surface area (TPSA) is 34.0 Å². The summed E-state index contributed by atoms with van der Waals surface area (Å²) in [7, 11) is 0. The summed E-state index contributed by atoms with van der Waals surface area (Å²) in [4.78, 5) is 8.45. The molecule has 0 spiro atoms. The van der Waals surface area contributed by atoms with Crippen LogP contribution in [-0.4, -0.2) is 25.5 Å². The summed E-state index contributed by atoms with van der Waals surface area (Å²) < 4.78 is 5.79. The monoisotopic (exact) mass is 432 g/mol. The first-order valence-electron chi connectivity index (χ1n) is 11.2. The fourth-order valence-electron chi connectivity index (χ4n) is 2.36. The number of nitrogens with zero attached hydrogens (tertiary/aromatic N) is 2. The highest BCUT2D eigenvalue weighted by Gasteiger charge is 1.96. The second kappa shape index (κ2) is 19.7. The first-order chi connectivity index (χ1) is 15.6. The number of hydrogen-bond donors (Lipinski definition) is 0. The third-order valence-electron chi connectivity index (χ3n) is 4.28. The predicted octanol–water partition coefficient (Wildman–Crippen LogP) is 7.80. The predicted molar refractivity (Wildman–Crippen MR) is 144 cm³/mol. The Labute approximate surface area is 196 Å². The molecule has 0 aliphatic carbocycles. The molecule has 2 aromatic rings. The van der Waals surface area contributed by atoms with E-state index in [1.807, 2.05) is 56.6 Å². The second-order valence-corrected chi connectivity index (χ2v) is 6.85. The number of aliphatic imine (C=N–C) groups is 2. The molecule has 172 valence electrons. The van der Waals surface area contributed by atoms with Gasteiger partial charge in [0.05, 0.1) is 0 Å². The Morgan fingerprint density at radius 3 is 2.16 bits per heavy atom. The van der Waals surface area contributed by atoms with Crippen molar-refractivity contribution < 1.29 is 4.74 Å². The van der Waals surface area contributed by atoms with E-state index < -0.39 is 0 Å². The third kappa shape index (κ3) is 13.9. The first-order valence-corrected chi connectivity index (χ1v) is 11.2. The van der Waals surface area contributed by atoms with Crippen LogP contribution in [0.1, 0.15) is 50.3 Å². The van der Waals surface area contributed by atoms with Crippen molar-refractivity contribution in [3.8, 4) is 5.75 Å². The Balaban J connectivity index is 0.000000738. The first kappa shape index (κ1) is 28.8. The van der Waals surface area contributed by atoms with Crippen molar-refractivity contribution in [2.24, 2.45) is 9.98 Å². The molecule has 0 aromatic heterocycles. The summed E-state index contributed by atoms with van der Waals surface area (Å²) in [6, 6.07) is 16.5. The number of rotatable bonds is 10. The van der Waals surface area contributed by atoms with Crippen LogP contribution in [0.4, 0.5) is 0 Å². The van der Waals surface area contributed by atoms with Crippen LogP contribution >= 0.6 is 0 Å². The van der Waals surface area contributed by atoms with Crippen LogP contribution in [0.15, 0.2) is 96.0 Å². The molecule has 0 heterocycles. The van der Waals surface area contributed by atoms with Gasteiger partial charge in [-0.1, -0.05) is 61.9 Å². The van der Waals surface area contributed by atoms with Crippen molar-refractivity contribution in [1.82, 2.24) is 0 Å².